The quantitative estimate of drug-likeness (QED) is 0.00830. The second kappa shape index (κ2) is 21.5. The molecule has 0 amide bonds. The van der Waals surface area contributed by atoms with Crippen LogP contribution in [0, 0.1) is 0 Å². The van der Waals surface area contributed by atoms with E-state index in [4.69, 9.17) is 9.99 Å². The highest BCUT2D eigenvalue weighted by Crippen LogP contribution is 2.35. The summed E-state index contributed by atoms with van der Waals surface area (Å²) in [5.74, 6) is -1.52. The number of fused-ring (bicyclic) bond motifs is 1. The predicted octanol–water partition coefficient (Wildman–Crippen LogP) is 7.22. The summed E-state index contributed by atoms with van der Waals surface area (Å²) in [5.41, 5.74) is 1.71. The van der Waals surface area contributed by atoms with E-state index in [-0.39, 0.29) is 71.0 Å². The molecular weight excluding hydrogens is 989 g/mol. The van der Waals surface area contributed by atoms with Gasteiger partial charge in [-0.3, -0.25) is 18.2 Å². The summed E-state index contributed by atoms with van der Waals surface area (Å²) in [7, 11) is -18.4. The molecule has 0 spiro atoms. The molecule has 0 saturated heterocycles. The lowest BCUT2D eigenvalue weighted by Crippen LogP contribution is -2.17. The molecule has 354 valence electrons. The molecule has 0 bridgehead atoms. The van der Waals surface area contributed by atoms with E-state index in [1.807, 2.05) is 0 Å². The first-order chi connectivity index (χ1) is 31.6. The van der Waals surface area contributed by atoms with Gasteiger partial charge in [0, 0.05) is 28.6 Å². The Balaban J connectivity index is 1.24. The predicted molar refractivity (Wildman–Crippen MR) is 240 cm³/mol. The van der Waals surface area contributed by atoms with Crippen LogP contribution in [0.2, 0.25) is 0 Å². The minimum absolute atomic E-state index is 0.0616. The summed E-state index contributed by atoms with van der Waals surface area (Å²) in [6, 6.07) is 22.8. The van der Waals surface area contributed by atoms with Crippen molar-refractivity contribution in [1.82, 2.24) is 15.0 Å². The molecule has 0 fully saturated rings. The van der Waals surface area contributed by atoms with Crippen molar-refractivity contribution in [2.24, 2.45) is 20.5 Å². The molecule has 0 saturated carbocycles. The second-order valence-electron chi connectivity index (χ2n) is 13.4. The average Bonchev–Trinajstić information content (AvgIpc) is 3.25. The Morgan fingerprint density at radius 1 is 0.612 bits per heavy atom. The van der Waals surface area contributed by atoms with Crippen LogP contribution in [0.25, 0.3) is 10.8 Å². The normalized spacial score (nSPS) is 12.5. The third kappa shape index (κ3) is 15.6. The topological polar surface area (TPSA) is 390 Å². The number of hydrogen-bond acceptors (Lipinski definition) is 23. The summed E-state index contributed by atoms with van der Waals surface area (Å²) in [6.07, 6.45) is -0.0973. The van der Waals surface area contributed by atoms with Gasteiger partial charge < -0.3 is 20.7 Å². The molecule has 0 atom stereocenters. The second-order valence-corrected chi connectivity index (χ2v) is 20.1. The lowest BCUT2D eigenvalue weighted by molar-refractivity contribution is -0.432. The van der Waals surface area contributed by atoms with E-state index in [2.05, 4.69) is 60.7 Å². The number of azo groups is 2. The number of nitrogens with zero attached hydrogens (tertiary/aromatic N) is 7. The van der Waals surface area contributed by atoms with Gasteiger partial charge in [-0.15, -0.1) is 4.33 Å². The van der Waals surface area contributed by atoms with Gasteiger partial charge in [-0.05, 0) is 90.7 Å². The van der Waals surface area contributed by atoms with Crippen molar-refractivity contribution in [3.63, 3.8) is 0 Å². The highest BCUT2D eigenvalue weighted by atomic mass is 32.2. The molecule has 0 unspecified atom stereocenters. The number of rotatable bonds is 22. The fourth-order valence-corrected chi connectivity index (χ4v) is 8.13. The zero-order valence-electron chi connectivity index (χ0n) is 33.7. The van der Waals surface area contributed by atoms with Crippen LogP contribution in [0.15, 0.2) is 132 Å². The summed E-state index contributed by atoms with van der Waals surface area (Å²) in [4.78, 5) is 12.0. The highest BCUT2D eigenvalue weighted by Gasteiger charge is 2.21. The number of benzene rings is 5. The highest BCUT2D eigenvalue weighted by molar-refractivity contribution is 7.94. The third-order valence-electron chi connectivity index (χ3n) is 8.41. The molecule has 67 heavy (non-hydrogen) atoms. The van der Waals surface area contributed by atoms with Gasteiger partial charge in [0.25, 0.3) is 40.5 Å². The number of anilines is 5. The SMILES string of the molecule is O=S(=O)(O)CCCOc1cc(N=Nc2cccc(SOOO)c2)ccc1Nc1nc(NCCS(=O)(=O)O)nc(Nc2ccc(N=Nc3ccc4cc(S(=O)(=O)O)cc(S(=O)(=O)O)c4c3)cc2)n1. The molecular formula is C36H34N10O16S5. The van der Waals surface area contributed by atoms with Crippen LogP contribution in [-0.2, 0) is 49.8 Å². The number of hydrogen-bond donors (Lipinski definition) is 8. The Hall–Kier alpha value is -6.36. The Kier molecular flexibility index (Phi) is 16.1. The summed E-state index contributed by atoms with van der Waals surface area (Å²) < 4.78 is 141. The van der Waals surface area contributed by atoms with E-state index in [1.54, 1.807) is 42.5 Å². The molecule has 5 aromatic carbocycles. The summed E-state index contributed by atoms with van der Waals surface area (Å²) in [6.45, 7) is -0.492. The van der Waals surface area contributed by atoms with Gasteiger partial charge in [-0.2, -0.15) is 69.1 Å². The van der Waals surface area contributed by atoms with Crippen molar-refractivity contribution in [3.05, 3.63) is 97.1 Å². The van der Waals surface area contributed by atoms with Gasteiger partial charge in [0.1, 0.15) is 10.6 Å². The first-order valence-electron chi connectivity index (χ1n) is 18.5. The number of nitrogens with one attached hydrogen (secondary N) is 3. The molecule has 1 heterocycles. The molecule has 6 rings (SSSR count). The van der Waals surface area contributed by atoms with Crippen LogP contribution in [0.1, 0.15) is 6.42 Å². The lowest BCUT2D eigenvalue weighted by atomic mass is 10.1. The fraction of sp³-hybridized carbons (Fsp3) is 0.139. The first kappa shape index (κ1) is 50.1. The van der Waals surface area contributed by atoms with Crippen LogP contribution in [-0.4, -0.2) is 96.7 Å². The maximum absolute atomic E-state index is 12.1. The molecule has 1 aromatic heterocycles. The molecule has 0 radical (unpaired) electrons. The Bertz CT molecular complexity index is 3290. The van der Waals surface area contributed by atoms with Crippen LogP contribution in [0.5, 0.6) is 5.75 Å². The third-order valence-corrected chi connectivity index (χ3v) is 12.2. The van der Waals surface area contributed by atoms with Crippen molar-refractivity contribution < 1.29 is 71.2 Å². The van der Waals surface area contributed by atoms with E-state index < -0.39 is 61.8 Å². The maximum atomic E-state index is 12.1. The first-order valence-corrected chi connectivity index (χ1v) is 25.4. The molecule has 8 N–H and O–H groups in total. The average molecular weight is 1020 g/mol. The van der Waals surface area contributed by atoms with Crippen molar-refractivity contribution >= 4 is 115 Å². The van der Waals surface area contributed by atoms with Crippen LogP contribution < -0.4 is 20.7 Å². The number of ether oxygens (including phenoxy) is 1. The van der Waals surface area contributed by atoms with Crippen LogP contribution in [0.4, 0.5) is 52.0 Å². The van der Waals surface area contributed by atoms with Gasteiger partial charge in [0.15, 0.2) is 0 Å². The zero-order valence-corrected chi connectivity index (χ0v) is 37.8. The Morgan fingerprint density at radius 2 is 1.22 bits per heavy atom. The van der Waals surface area contributed by atoms with E-state index in [0.717, 1.165) is 6.07 Å². The summed E-state index contributed by atoms with van der Waals surface area (Å²) in [5, 5.41) is 37.3. The van der Waals surface area contributed by atoms with E-state index in [1.165, 1.54) is 42.5 Å². The number of aromatic nitrogens is 3. The molecule has 26 nitrogen and oxygen atoms in total. The van der Waals surface area contributed by atoms with Crippen molar-refractivity contribution in [2.45, 2.75) is 21.1 Å². The smallest absolute Gasteiger partial charge is 0.295 e. The van der Waals surface area contributed by atoms with Gasteiger partial charge >= 0.3 is 0 Å². The molecule has 31 heteroatoms. The summed E-state index contributed by atoms with van der Waals surface area (Å²) >= 11 is 0.717. The van der Waals surface area contributed by atoms with Crippen molar-refractivity contribution in [2.75, 3.05) is 40.6 Å². The minimum Gasteiger partial charge on any atom is -0.491 e. The molecule has 0 aliphatic carbocycles. The van der Waals surface area contributed by atoms with Gasteiger partial charge in [-0.25, -0.2) is 5.26 Å². The van der Waals surface area contributed by atoms with E-state index in [0.29, 0.717) is 40.1 Å². The van der Waals surface area contributed by atoms with Crippen LogP contribution in [0.3, 0.4) is 0 Å². The van der Waals surface area contributed by atoms with Crippen molar-refractivity contribution in [3.8, 4) is 5.75 Å². The van der Waals surface area contributed by atoms with Crippen LogP contribution >= 0.6 is 12.0 Å². The monoisotopic (exact) mass is 1020 g/mol. The Labute approximate surface area is 384 Å². The zero-order chi connectivity index (χ0) is 48.4. The van der Waals surface area contributed by atoms with E-state index in [9.17, 15) is 51.9 Å². The lowest BCUT2D eigenvalue weighted by Gasteiger charge is -2.15. The van der Waals surface area contributed by atoms with E-state index >= 15 is 0 Å². The van der Waals surface area contributed by atoms with Gasteiger partial charge in [0.2, 0.25) is 17.8 Å². The minimum atomic E-state index is -4.94. The van der Waals surface area contributed by atoms with Crippen molar-refractivity contribution in [1.29, 1.82) is 0 Å². The molecule has 0 aliphatic rings. The van der Waals surface area contributed by atoms with Gasteiger partial charge in [0.05, 0.1) is 63.5 Å². The molecule has 0 aliphatic heterocycles. The fourth-order valence-electron chi connectivity index (χ4n) is 5.53. The maximum Gasteiger partial charge on any atom is 0.295 e. The largest absolute Gasteiger partial charge is 0.491 e. The standard InChI is InChI=1S/C36H34N10O16S5/c47-61-62-63-28-4-1-3-25(18-28)44-46-27-11-12-31(32(20-27)60-14-2-15-64(48,49)50)39-36-41-34(37-13-16-65(51,52)53)40-35(42-36)38-23-7-9-24(10-8-23)43-45-26-6-5-22-17-29(66(54,55)56)21-33(30(22)19-26)67(57,58)59/h1,3-12,17-21,47H,2,13-16H2,(H,48,49,50)(H,51,52,53)(H,54,55,56)(H,57,58,59)(H3,37,38,39,40,41,42). The molecule has 6 aromatic rings. The Morgan fingerprint density at radius 3 is 1.88 bits per heavy atom. The van der Waals surface area contributed by atoms with Gasteiger partial charge in [-0.1, -0.05) is 17.2 Å².